The molecule has 4 heterocycles. The second-order valence-corrected chi connectivity index (χ2v) is 7.28. The molecule has 2 N–H and O–H groups in total. The third kappa shape index (κ3) is 4.82. The minimum atomic E-state index is 0. The normalized spacial score (nSPS) is 16.4. The van der Waals surface area contributed by atoms with E-state index < -0.39 is 0 Å². The number of furan rings is 1. The highest BCUT2D eigenvalue weighted by Crippen LogP contribution is 2.24. The van der Waals surface area contributed by atoms with Gasteiger partial charge in [0.15, 0.2) is 10.9 Å². The van der Waals surface area contributed by atoms with E-state index >= 15 is 0 Å². The van der Waals surface area contributed by atoms with Gasteiger partial charge in [-0.2, -0.15) is 0 Å². The average molecular weight is 500 g/mol. The van der Waals surface area contributed by atoms with Crippen LogP contribution in [0.15, 0.2) is 45.6 Å². The summed E-state index contributed by atoms with van der Waals surface area (Å²) in [6.45, 7) is 3.63. The summed E-state index contributed by atoms with van der Waals surface area (Å²) in [6.07, 6.45) is 8.31. The second-order valence-electron chi connectivity index (χ2n) is 6.41. The number of fused-ring (bicyclic) bond motifs is 1. The van der Waals surface area contributed by atoms with Crippen LogP contribution in [0.1, 0.15) is 30.3 Å². The molecule has 1 aliphatic rings. The number of aromatic nitrogens is 2. The molecule has 1 unspecified atom stereocenters. The summed E-state index contributed by atoms with van der Waals surface area (Å²) < 4.78 is 7.71. The van der Waals surface area contributed by atoms with Crippen LogP contribution < -0.4 is 10.6 Å². The van der Waals surface area contributed by atoms with E-state index in [1.807, 2.05) is 28.2 Å². The fourth-order valence-electron chi connectivity index (χ4n) is 3.39. The van der Waals surface area contributed by atoms with E-state index in [1.165, 1.54) is 12.8 Å². The van der Waals surface area contributed by atoms with Crippen molar-refractivity contribution in [2.24, 2.45) is 4.99 Å². The topological polar surface area (TPSA) is 70.1 Å². The van der Waals surface area contributed by atoms with Gasteiger partial charge in [-0.05, 0) is 38.1 Å². The number of aliphatic imine (C=N–C) groups is 1. The molecule has 0 bridgehead atoms. The Bertz CT molecular complexity index is 824. The van der Waals surface area contributed by atoms with Crippen LogP contribution in [0.5, 0.6) is 0 Å². The highest BCUT2D eigenvalue weighted by Gasteiger charge is 2.25. The lowest BCUT2D eigenvalue weighted by Gasteiger charge is -2.26. The number of likely N-dealkylation sites (tertiary alicyclic amines) is 1. The van der Waals surface area contributed by atoms with Gasteiger partial charge in [0.2, 0.25) is 0 Å². The molecule has 0 spiro atoms. The molecule has 4 rings (SSSR count). The van der Waals surface area contributed by atoms with E-state index in [0.29, 0.717) is 6.54 Å². The Morgan fingerprint density at radius 2 is 2.22 bits per heavy atom. The summed E-state index contributed by atoms with van der Waals surface area (Å²) in [5, 5.41) is 8.82. The van der Waals surface area contributed by atoms with Crippen LogP contribution in [-0.2, 0) is 6.54 Å². The van der Waals surface area contributed by atoms with Crippen molar-refractivity contribution in [1.29, 1.82) is 0 Å². The van der Waals surface area contributed by atoms with E-state index in [-0.39, 0.29) is 30.0 Å². The maximum Gasteiger partial charge on any atom is 0.193 e. The van der Waals surface area contributed by atoms with Crippen LogP contribution in [0.3, 0.4) is 0 Å². The number of imidazole rings is 1. The SMILES string of the molecule is CN=C(NCc1cn2ccsc2n1)NCC(c1ccco1)N1CCCC1.I. The summed E-state index contributed by atoms with van der Waals surface area (Å²) in [4.78, 5) is 12.4. The lowest BCUT2D eigenvalue weighted by Crippen LogP contribution is -2.42. The minimum Gasteiger partial charge on any atom is -0.468 e. The zero-order valence-corrected chi connectivity index (χ0v) is 18.4. The van der Waals surface area contributed by atoms with Gasteiger partial charge in [-0.3, -0.25) is 14.3 Å². The molecule has 1 atom stereocenters. The van der Waals surface area contributed by atoms with Crippen LogP contribution in [0, 0.1) is 0 Å². The molecule has 0 saturated carbocycles. The van der Waals surface area contributed by atoms with Gasteiger partial charge in [0.25, 0.3) is 0 Å². The highest BCUT2D eigenvalue weighted by molar-refractivity contribution is 14.0. The molecule has 1 aliphatic heterocycles. The zero-order valence-electron chi connectivity index (χ0n) is 15.3. The van der Waals surface area contributed by atoms with Gasteiger partial charge < -0.3 is 15.1 Å². The lowest BCUT2D eigenvalue weighted by molar-refractivity contribution is 0.215. The van der Waals surface area contributed by atoms with E-state index in [2.05, 4.69) is 31.6 Å². The summed E-state index contributed by atoms with van der Waals surface area (Å²) in [5.41, 5.74) is 1.00. The van der Waals surface area contributed by atoms with Crippen LogP contribution in [0.25, 0.3) is 4.96 Å². The van der Waals surface area contributed by atoms with Crippen molar-refractivity contribution in [2.75, 3.05) is 26.7 Å². The summed E-state index contributed by atoms with van der Waals surface area (Å²) in [7, 11) is 1.79. The number of nitrogens with zero attached hydrogens (tertiary/aromatic N) is 4. The standard InChI is InChI=1S/C18H24N6OS.HI/c1-19-17(20-11-14-13-24-8-10-26-18(24)22-14)21-12-15(16-5-4-9-25-16)23-6-2-3-7-23;/h4-5,8-10,13,15H,2-3,6-7,11-12H2,1H3,(H2,19,20,21);1H. The van der Waals surface area contributed by atoms with E-state index in [9.17, 15) is 0 Å². The number of hydrogen-bond acceptors (Lipinski definition) is 5. The molecule has 0 radical (unpaired) electrons. The second kappa shape index (κ2) is 9.56. The first kappa shape index (κ1) is 20.2. The van der Waals surface area contributed by atoms with Crippen molar-refractivity contribution >= 4 is 46.2 Å². The van der Waals surface area contributed by atoms with Gasteiger partial charge in [0.05, 0.1) is 24.5 Å². The predicted molar refractivity (Wildman–Crippen MR) is 119 cm³/mol. The summed E-state index contributed by atoms with van der Waals surface area (Å²) in [5.74, 6) is 1.78. The third-order valence-corrected chi connectivity index (χ3v) is 5.49. The minimum absolute atomic E-state index is 0. The number of halogens is 1. The van der Waals surface area contributed by atoms with E-state index in [1.54, 1.807) is 24.6 Å². The maximum atomic E-state index is 5.67. The third-order valence-electron chi connectivity index (χ3n) is 4.72. The largest absolute Gasteiger partial charge is 0.468 e. The Labute approximate surface area is 179 Å². The first-order chi connectivity index (χ1) is 12.8. The number of hydrogen-bond donors (Lipinski definition) is 2. The fourth-order valence-corrected chi connectivity index (χ4v) is 4.11. The van der Waals surface area contributed by atoms with Gasteiger partial charge >= 0.3 is 0 Å². The first-order valence-electron chi connectivity index (χ1n) is 8.96. The number of rotatable bonds is 6. The Balaban J connectivity index is 0.00000210. The number of guanidine groups is 1. The Hall–Kier alpha value is -1.59. The Morgan fingerprint density at radius 3 is 2.93 bits per heavy atom. The summed E-state index contributed by atoms with van der Waals surface area (Å²) >= 11 is 1.64. The molecule has 3 aromatic heterocycles. The van der Waals surface area contributed by atoms with Gasteiger partial charge in [-0.1, -0.05) is 0 Å². The molecule has 27 heavy (non-hydrogen) atoms. The van der Waals surface area contributed by atoms with E-state index in [0.717, 1.165) is 42.0 Å². The predicted octanol–water partition coefficient (Wildman–Crippen LogP) is 3.11. The Morgan fingerprint density at radius 1 is 1.37 bits per heavy atom. The molecule has 1 fully saturated rings. The van der Waals surface area contributed by atoms with Crippen LogP contribution >= 0.6 is 35.3 Å². The number of nitrogens with one attached hydrogen (secondary N) is 2. The molecular weight excluding hydrogens is 475 g/mol. The Kier molecular flexibility index (Phi) is 7.13. The van der Waals surface area contributed by atoms with Crippen molar-refractivity contribution < 1.29 is 4.42 Å². The quantitative estimate of drug-likeness (QED) is 0.309. The number of thiazole rings is 1. The average Bonchev–Trinajstić information content (AvgIpc) is 3.43. The lowest BCUT2D eigenvalue weighted by atomic mass is 10.2. The van der Waals surface area contributed by atoms with Gasteiger partial charge in [-0.15, -0.1) is 35.3 Å². The first-order valence-corrected chi connectivity index (χ1v) is 9.84. The van der Waals surface area contributed by atoms with Crippen LogP contribution in [0.4, 0.5) is 0 Å². The molecule has 146 valence electrons. The molecule has 3 aromatic rings. The van der Waals surface area contributed by atoms with Gasteiger partial charge in [0.1, 0.15) is 5.76 Å². The molecule has 0 aliphatic carbocycles. The maximum absolute atomic E-state index is 5.67. The van der Waals surface area contributed by atoms with Gasteiger partial charge in [0, 0.05) is 31.4 Å². The summed E-state index contributed by atoms with van der Waals surface area (Å²) in [6, 6.07) is 4.23. The van der Waals surface area contributed by atoms with Crippen LogP contribution in [-0.4, -0.2) is 46.9 Å². The van der Waals surface area contributed by atoms with Crippen molar-refractivity contribution in [3.05, 3.63) is 47.6 Å². The molecule has 0 amide bonds. The van der Waals surface area contributed by atoms with Crippen molar-refractivity contribution in [3.63, 3.8) is 0 Å². The molecule has 0 aromatic carbocycles. The highest BCUT2D eigenvalue weighted by atomic mass is 127. The molecule has 9 heteroatoms. The molecule has 1 saturated heterocycles. The van der Waals surface area contributed by atoms with Crippen molar-refractivity contribution in [3.8, 4) is 0 Å². The van der Waals surface area contributed by atoms with E-state index in [4.69, 9.17) is 4.42 Å². The molecule has 7 nitrogen and oxygen atoms in total. The monoisotopic (exact) mass is 500 g/mol. The smallest absolute Gasteiger partial charge is 0.193 e. The van der Waals surface area contributed by atoms with Crippen molar-refractivity contribution in [2.45, 2.75) is 25.4 Å². The van der Waals surface area contributed by atoms with Crippen LogP contribution in [0.2, 0.25) is 0 Å². The molecular formula is C18H25IN6OS. The zero-order chi connectivity index (χ0) is 17.8. The van der Waals surface area contributed by atoms with Crippen molar-refractivity contribution in [1.82, 2.24) is 24.9 Å². The van der Waals surface area contributed by atoms with Gasteiger partial charge in [-0.25, -0.2) is 4.98 Å². The fraction of sp³-hybridized carbons (Fsp3) is 0.444.